The van der Waals surface area contributed by atoms with Crippen LogP contribution in [0.15, 0.2) is 30.3 Å². The molecule has 3 nitrogen and oxygen atoms in total. The number of ether oxygens (including phenoxy) is 1. The Labute approximate surface area is 117 Å². The zero-order chi connectivity index (χ0) is 12.3. The lowest BCUT2D eigenvalue weighted by Gasteiger charge is -2.03. The molecule has 1 aromatic heterocycles. The van der Waals surface area contributed by atoms with Gasteiger partial charge in [0.2, 0.25) is 0 Å². The standard InChI is InChI=1S/C12H10INO2S/c1-8-10(13)11(14-17-8)12(15)16-7-9-5-3-2-4-6-9/h2-6H,7H2,1H3. The van der Waals surface area contributed by atoms with E-state index in [4.69, 9.17) is 4.74 Å². The Hall–Kier alpha value is -0.950. The summed E-state index contributed by atoms with van der Waals surface area (Å²) in [5.74, 6) is -0.359. The first-order chi connectivity index (χ1) is 8.18. The van der Waals surface area contributed by atoms with E-state index in [2.05, 4.69) is 27.0 Å². The van der Waals surface area contributed by atoms with Crippen LogP contribution in [-0.4, -0.2) is 10.3 Å². The maximum Gasteiger partial charge on any atom is 0.359 e. The molecule has 0 N–H and O–H groups in total. The molecule has 0 aliphatic heterocycles. The smallest absolute Gasteiger partial charge is 0.359 e. The second-order valence-electron chi connectivity index (χ2n) is 3.46. The molecule has 17 heavy (non-hydrogen) atoms. The molecular formula is C12H10INO2S. The number of benzene rings is 1. The molecule has 88 valence electrons. The van der Waals surface area contributed by atoms with Crippen LogP contribution in [0.25, 0.3) is 0 Å². The van der Waals surface area contributed by atoms with Crippen LogP contribution >= 0.6 is 34.1 Å². The number of carbonyl (C=O) groups is 1. The van der Waals surface area contributed by atoms with Crippen molar-refractivity contribution in [2.45, 2.75) is 13.5 Å². The highest BCUT2D eigenvalue weighted by molar-refractivity contribution is 14.1. The first-order valence-corrected chi connectivity index (χ1v) is 6.86. The Balaban J connectivity index is 2.01. The molecular weight excluding hydrogens is 349 g/mol. The monoisotopic (exact) mass is 359 g/mol. The van der Waals surface area contributed by atoms with Gasteiger partial charge < -0.3 is 4.74 Å². The molecule has 0 unspecified atom stereocenters. The van der Waals surface area contributed by atoms with Crippen LogP contribution < -0.4 is 0 Å². The van der Waals surface area contributed by atoms with Crippen molar-refractivity contribution in [3.05, 3.63) is 50.0 Å². The predicted molar refractivity (Wildman–Crippen MR) is 75.1 cm³/mol. The van der Waals surface area contributed by atoms with Crippen LogP contribution in [0.1, 0.15) is 20.9 Å². The minimum absolute atomic E-state index is 0.284. The van der Waals surface area contributed by atoms with Gasteiger partial charge in [-0.05, 0) is 46.6 Å². The average Bonchev–Trinajstić information content (AvgIpc) is 2.69. The summed E-state index contributed by atoms with van der Waals surface area (Å²) in [5.41, 5.74) is 1.40. The van der Waals surface area contributed by atoms with E-state index < -0.39 is 0 Å². The molecule has 0 aliphatic carbocycles. The van der Waals surface area contributed by atoms with E-state index in [-0.39, 0.29) is 12.6 Å². The first-order valence-electron chi connectivity index (χ1n) is 5.01. The second-order valence-corrected chi connectivity index (χ2v) is 5.52. The van der Waals surface area contributed by atoms with Gasteiger partial charge in [0, 0.05) is 4.88 Å². The van der Waals surface area contributed by atoms with E-state index in [0.29, 0.717) is 5.69 Å². The van der Waals surface area contributed by atoms with Crippen molar-refractivity contribution in [3.63, 3.8) is 0 Å². The van der Waals surface area contributed by atoms with Gasteiger partial charge >= 0.3 is 5.97 Å². The molecule has 0 spiro atoms. The third-order valence-electron chi connectivity index (χ3n) is 2.20. The lowest BCUT2D eigenvalue weighted by Crippen LogP contribution is -2.07. The van der Waals surface area contributed by atoms with Crippen molar-refractivity contribution >= 4 is 40.1 Å². The molecule has 5 heteroatoms. The Morgan fingerprint density at radius 3 is 2.71 bits per heavy atom. The number of aryl methyl sites for hydroxylation is 1. The van der Waals surface area contributed by atoms with Crippen LogP contribution in [-0.2, 0) is 11.3 Å². The van der Waals surface area contributed by atoms with Gasteiger partial charge in [-0.2, -0.15) is 4.37 Å². The van der Waals surface area contributed by atoms with E-state index in [1.165, 1.54) is 11.5 Å². The summed E-state index contributed by atoms with van der Waals surface area (Å²) in [7, 11) is 0. The number of carbonyl (C=O) groups excluding carboxylic acids is 1. The Bertz CT molecular complexity index is 525. The summed E-state index contributed by atoms with van der Waals surface area (Å²) in [5, 5.41) is 0. The van der Waals surface area contributed by atoms with Crippen molar-refractivity contribution in [2.75, 3.05) is 0 Å². The van der Waals surface area contributed by atoms with E-state index in [1.807, 2.05) is 37.3 Å². The van der Waals surface area contributed by atoms with Crippen LogP contribution in [0.4, 0.5) is 0 Å². The number of hydrogen-bond donors (Lipinski definition) is 0. The van der Waals surface area contributed by atoms with E-state index in [1.54, 1.807) is 0 Å². The molecule has 1 aromatic carbocycles. The highest BCUT2D eigenvalue weighted by Crippen LogP contribution is 2.20. The number of aromatic nitrogens is 1. The summed E-state index contributed by atoms with van der Waals surface area (Å²) < 4.78 is 10.2. The van der Waals surface area contributed by atoms with E-state index in [9.17, 15) is 4.79 Å². The van der Waals surface area contributed by atoms with Crippen molar-refractivity contribution in [3.8, 4) is 0 Å². The maximum absolute atomic E-state index is 11.8. The molecule has 0 bridgehead atoms. The molecule has 0 saturated heterocycles. The van der Waals surface area contributed by atoms with Crippen LogP contribution in [0.5, 0.6) is 0 Å². The van der Waals surface area contributed by atoms with Gasteiger partial charge in [-0.25, -0.2) is 4.79 Å². The molecule has 0 amide bonds. The minimum Gasteiger partial charge on any atom is -0.456 e. The summed E-state index contributed by atoms with van der Waals surface area (Å²) in [6, 6.07) is 9.60. The average molecular weight is 359 g/mol. The van der Waals surface area contributed by atoms with Crippen molar-refractivity contribution in [2.24, 2.45) is 0 Å². The second kappa shape index (κ2) is 5.59. The number of rotatable bonds is 3. The normalized spacial score (nSPS) is 10.2. The SMILES string of the molecule is Cc1snc(C(=O)OCc2ccccc2)c1I. The molecule has 0 fully saturated rings. The van der Waals surface area contributed by atoms with Crippen molar-refractivity contribution in [1.29, 1.82) is 0 Å². The van der Waals surface area contributed by atoms with E-state index >= 15 is 0 Å². The highest BCUT2D eigenvalue weighted by atomic mass is 127. The molecule has 2 rings (SSSR count). The molecule has 0 radical (unpaired) electrons. The Kier molecular flexibility index (Phi) is 4.11. The first kappa shape index (κ1) is 12.5. The summed E-state index contributed by atoms with van der Waals surface area (Å²) >= 11 is 3.44. The lowest BCUT2D eigenvalue weighted by molar-refractivity contribution is 0.0466. The fourth-order valence-corrected chi connectivity index (χ4v) is 2.65. The number of nitrogens with zero attached hydrogens (tertiary/aromatic N) is 1. The van der Waals surface area contributed by atoms with Crippen molar-refractivity contribution < 1.29 is 9.53 Å². The maximum atomic E-state index is 11.8. The number of hydrogen-bond acceptors (Lipinski definition) is 4. The van der Waals surface area contributed by atoms with Gasteiger partial charge in [0.25, 0.3) is 0 Å². The Morgan fingerprint density at radius 2 is 2.12 bits per heavy atom. The Morgan fingerprint density at radius 1 is 1.41 bits per heavy atom. The van der Waals surface area contributed by atoms with Gasteiger partial charge in [0.1, 0.15) is 6.61 Å². The lowest BCUT2D eigenvalue weighted by atomic mass is 10.2. The zero-order valence-electron chi connectivity index (χ0n) is 9.14. The largest absolute Gasteiger partial charge is 0.456 e. The quantitative estimate of drug-likeness (QED) is 0.623. The number of esters is 1. The topological polar surface area (TPSA) is 39.2 Å². The molecule has 2 aromatic rings. The fourth-order valence-electron chi connectivity index (χ4n) is 1.28. The molecule has 0 aliphatic rings. The van der Waals surface area contributed by atoms with Crippen LogP contribution in [0.2, 0.25) is 0 Å². The summed E-state index contributed by atoms with van der Waals surface area (Å²) in [6.07, 6.45) is 0. The summed E-state index contributed by atoms with van der Waals surface area (Å²) in [4.78, 5) is 12.8. The van der Waals surface area contributed by atoms with Crippen LogP contribution in [0.3, 0.4) is 0 Å². The van der Waals surface area contributed by atoms with Crippen molar-refractivity contribution in [1.82, 2.24) is 4.37 Å². The summed E-state index contributed by atoms with van der Waals surface area (Å²) in [6.45, 7) is 2.22. The fraction of sp³-hybridized carbons (Fsp3) is 0.167. The zero-order valence-corrected chi connectivity index (χ0v) is 12.1. The predicted octanol–water partition coefficient (Wildman–Crippen LogP) is 3.41. The van der Waals surface area contributed by atoms with Gasteiger partial charge in [-0.15, -0.1) is 0 Å². The molecule has 0 saturated carbocycles. The minimum atomic E-state index is -0.359. The molecule has 1 heterocycles. The third-order valence-corrected chi connectivity index (χ3v) is 4.63. The van der Waals surface area contributed by atoms with Gasteiger partial charge in [0.05, 0.1) is 3.57 Å². The molecule has 0 atom stereocenters. The number of halogens is 1. The van der Waals surface area contributed by atoms with Gasteiger partial charge in [-0.3, -0.25) is 0 Å². The van der Waals surface area contributed by atoms with Gasteiger partial charge in [0.15, 0.2) is 5.69 Å². The third kappa shape index (κ3) is 3.04. The van der Waals surface area contributed by atoms with Gasteiger partial charge in [-0.1, -0.05) is 30.3 Å². The highest BCUT2D eigenvalue weighted by Gasteiger charge is 2.17. The van der Waals surface area contributed by atoms with E-state index in [0.717, 1.165) is 14.0 Å². The van der Waals surface area contributed by atoms with Crippen LogP contribution in [0, 0.1) is 10.5 Å².